The van der Waals surface area contributed by atoms with Crippen LogP contribution >= 0.6 is 23.1 Å². The van der Waals surface area contributed by atoms with Crippen molar-refractivity contribution in [2.75, 3.05) is 5.75 Å². The van der Waals surface area contributed by atoms with E-state index >= 15 is 0 Å². The molecule has 0 radical (unpaired) electrons. The monoisotopic (exact) mass is 389 g/mol. The summed E-state index contributed by atoms with van der Waals surface area (Å²) in [6, 6.07) is 6.87. The summed E-state index contributed by atoms with van der Waals surface area (Å²) >= 11 is 2.85. The van der Waals surface area contributed by atoms with Crippen LogP contribution in [-0.4, -0.2) is 53.4 Å². The molecule has 0 saturated heterocycles. The van der Waals surface area contributed by atoms with E-state index in [-0.39, 0.29) is 24.7 Å². The second-order valence-electron chi connectivity index (χ2n) is 5.89. The Labute approximate surface area is 156 Å². The molecule has 3 aromatic rings. The highest BCUT2D eigenvalue weighted by molar-refractivity contribution is 8.01. The molecule has 1 atom stereocenters. The van der Waals surface area contributed by atoms with E-state index in [2.05, 4.69) is 15.2 Å². The van der Waals surface area contributed by atoms with E-state index < -0.39 is 12.0 Å². The SMILES string of the molecule is Cc1nnc2n1CC(C(=O)O)N(C(=O)CSc1nc3ccccc3s1)C2. The summed E-state index contributed by atoms with van der Waals surface area (Å²) in [6.07, 6.45) is 0. The van der Waals surface area contributed by atoms with E-state index in [4.69, 9.17) is 0 Å². The molecule has 1 N–H and O–H groups in total. The number of aliphatic carboxylic acids is 1. The summed E-state index contributed by atoms with van der Waals surface area (Å²) in [5.74, 6) is 0.132. The Hall–Kier alpha value is -2.46. The van der Waals surface area contributed by atoms with Crippen molar-refractivity contribution < 1.29 is 14.7 Å². The molecular weight excluding hydrogens is 374 g/mol. The van der Waals surface area contributed by atoms with E-state index in [0.29, 0.717) is 11.6 Å². The number of rotatable bonds is 4. The molecule has 134 valence electrons. The van der Waals surface area contributed by atoms with Gasteiger partial charge in [-0.05, 0) is 19.1 Å². The molecule has 2 aromatic heterocycles. The fraction of sp³-hybridized carbons (Fsp3) is 0.312. The van der Waals surface area contributed by atoms with E-state index in [1.54, 1.807) is 11.5 Å². The lowest BCUT2D eigenvalue weighted by molar-refractivity contribution is -0.151. The molecule has 1 unspecified atom stereocenters. The minimum Gasteiger partial charge on any atom is -0.480 e. The van der Waals surface area contributed by atoms with Crippen molar-refractivity contribution in [1.82, 2.24) is 24.6 Å². The van der Waals surface area contributed by atoms with Crippen LogP contribution < -0.4 is 0 Å². The van der Waals surface area contributed by atoms with Crippen molar-refractivity contribution in [3.63, 3.8) is 0 Å². The maximum atomic E-state index is 12.7. The number of benzene rings is 1. The Kier molecular flexibility index (Phi) is 4.37. The lowest BCUT2D eigenvalue weighted by Gasteiger charge is -2.33. The number of fused-ring (bicyclic) bond motifs is 2. The summed E-state index contributed by atoms with van der Waals surface area (Å²) in [4.78, 5) is 30.2. The van der Waals surface area contributed by atoms with Crippen LogP contribution in [0.4, 0.5) is 0 Å². The number of thioether (sulfide) groups is 1. The van der Waals surface area contributed by atoms with Crippen LogP contribution in [0.1, 0.15) is 11.6 Å². The first-order valence-corrected chi connectivity index (χ1v) is 9.72. The first-order valence-electron chi connectivity index (χ1n) is 7.92. The molecule has 3 heterocycles. The number of hydrogen-bond donors (Lipinski definition) is 1. The quantitative estimate of drug-likeness (QED) is 0.679. The lowest BCUT2D eigenvalue weighted by Crippen LogP contribution is -2.51. The summed E-state index contributed by atoms with van der Waals surface area (Å²) in [7, 11) is 0. The Bertz CT molecular complexity index is 966. The number of aryl methyl sites for hydroxylation is 1. The molecule has 1 aromatic carbocycles. The molecule has 4 rings (SSSR count). The first kappa shape index (κ1) is 17.0. The van der Waals surface area contributed by atoms with Crippen LogP contribution in [0.5, 0.6) is 0 Å². The number of carboxylic acids is 1. The van der Waals surface area contributed by atoms with Crippen molar-refractivity contribution >= 4 is 45.2 Å². The van der Waals surface area contributed by atoms with Gasteiger partial charge in [-0.15, -0.1) is 21.5 Å². The highest BCUT2D eigenvalue weighted by atomic mass is 32.2. The number of thiazole rings is 1. The molecule has 1 amide bonds. The molecular formula is C16H15N5O3S2. The standard InChI is InChI=1S/C16H15N5O3S2/c1-9-18-19-13-7-21(11(15(23)24)6-20(9)13)14(22)8-25-16-17-10-4-2-3-5-12(10)26-16/h2-5,11H,6-8H2,1H3,(H,23,24). The number of carbonyl (C=O) groups excluding carboxylic acids is 1. The van der Waals surface area contributed by atoms with Gasteiger partial charge in [0.15, 0.2) is 10.2 Å². The van der Waals surface area contributed by atoms with Crippen LogP contribution in [0.2, 0.25) is 0 Å². The fourth-order valence-electron chi connectivity index (χ4n) is 2.91. The van der Waals surface area contributed by atoms with Crippen molar-refractivity contribution in [1.29, 1.82) is 0 Å². The Morgan fingerprint density at radius 2 is 2.15 bits per heavy atom. The molecule has 0 spiro atoms. The summed E-state index contributed by atoms with van der Waals surface area (Å²) in [5, 5.41) is 17.5. The second-order valence-corrected chi connectivity index (χ2v) is 8.14. The number of hydrogen-bond acceptors (Lipinski definition) is 7. The van der Waals surface area contributed by atoms with Gasteiger partial charge >= 0.3 is 5.97 Å². The first-order chi connectivity index (χ1) is 12.5. The third-order valence-corrected chi connectivity index (χ3v) is 6.42. The van der Waals surface area contributed by atoms with Gasteiger partial charge in [0.25, 0.3) is 0 Å². The number of nitrogens with zero attached hydrogens (tertiary/aromatic N) is 5. The number of aromatic nitrogens is 4. The van der Waals surface area contributed by atoms with Crippen LogP contribution in [0.15, 0.2) is 28.6 Å². The van der Waals surface area contributed by atoms with E-state index in [9.17, 15) is 14.7 Å². The predicted octanol–water partition coefficient (Wildman–Crippen LogP) is 1.78. The van der Waals surface area contributed by atoms with Crippen LogP contribution in [0.25, 0.3) is 10.2 Å². The average Bonchev–Trinajstić information content (AvgIpc) is 3.21. The van der Waals surface area contributed by atoms with E-state index in [0.717, 1.165) is 14.6 Å². The van der Waals surface area contributed by atoms with Crippen LogP contribution in [0, 0.1) is 6.92 Å². The fourth-order valence-corrected chi connectivity index (χ4v) is 4.86. The molecule has 0 saturated carbocycles. The van der Waals surface area contributed by atoms with Gasteiger partial charge < -0.3 is 14.6 Å². The van der Waals surface area contributed by atoms with Gasteiger partial charge in [-0.25, -0.2) is 9.78 Å². The zero-order valence-electron chi connectivity index (χ0n) is 13.8. The summed E-state index contributed by atoms with van der Waals surface area (Å²) in [6.45, 7) is 2.09. The van der Waals surface area contributed by atoms with Crippen LogP contribution in [0.3, 0.4) is 0 Å². The molecule has 26 heavy (non-hydrogen) atoms. The molecule has 0 aliphatic carbocycles. The topological polar surface area (TPSA) is 101 Å². The predicted molar refractivity (Wildman–Crippen MR) is 97.1 cm³/mol. The highest BCUT2D eigenvalue weighted by Crippen LogP contribution is 2.30. The molecule has 0 bridgehead atoms. The van der Waals surface area contributed by atoms with E-state index in [1.165, 1.54) is 28.0 Å². The molecule has 0 fully saturated rings. The Balaban J connectivity index is 1.50. The van der Waals surface area contributed by atoms with Crippen molar-refractivity contribution in [3.05, 3.63) is 35.9 Å². The third-order valence-electron chi connectivity index (χ3n) is 4.25. The summed E-state index contributed by atoms with van der Waals surface area (Å²) < 4.78 is 3.61. The van der Waals surface area contributed by atoms with Gasteiger partial charge in [0.2, 0.25) is 5.91 Å². The number of para-hydroxylation sites is 1. The van der Waals surface area contributed by atoms with Crippen molar-refractivity contribution in [2.24, 2.45) is 0 Å². The van der Waals surface area contributed by atoms with Crippen molar-refractivity contribution in [2.45, 2.75) is 30.4 Å². The molecule has 1 aliphatic rings. The maximum absolute atomic E-state index is 12.7. The minimum atomic E-state index is -1.03. The van der Waals surface area contributed by atoms with Gasteiger partial charge in [0.05, 0.1) is 29.1 Å². The third kappa shape index (κ3) is 3.06. The zero-order chi connectivity index (χ0) is 18.3. The highest BCUT2D eigenvalue weighted by Gasteiger charge is 2.36. The van der Waals surface area contributed by atoms with Gasteiger partial charge in [0.1, 0.15) is 11.9 Å². The smallest absolute Gasteiger partial charge is 0.328 e. The van der Waals surface area contributed by atoms with Gasteiger partial charge in [0, 0.05) is 0 Å². The van der Waals surface area contributed by atoms with Crippen molar-refractivity contribution in [3.8, 4) is 0 Å². The molecule has 8 nitrogen and oxygen atoms in total. The van der Waals surface area contributed by atoms with Gasteiger partial charge in [-0.3, -0.25) is 4.79 Å². The average molecular weight is 389 g/mol. The normalized spacial score (nSPS) is 16.7. The summed E-state index contributed by atoms with van der Waals surface area (Å²) in [5.41, 5.74) is 0.900. The number of carbonyl (C=O) groups is 2. The lowest BCUT2D eigenvalue weighted by atomic mass is 10.2. The Morgan fingerprint density at radius 3 is 2.92 bits per heavy atom. The van der Waals surface area contributed by atoms with Crippen LogP contribution in [-0.2, 0) is 22.7 Å². The largest absolute Gasteiger partial charge is 0.480 e. The number of amides is 1. The van der Waals surface area contributed by atoms with Gasteiger partial charge in [-0.1, -0.05) is 23.9 Å². The maximum Gasteiger partial charge on any atom is 0.328 e. The molecule has 1 aliphatic heterocycles. The van der Waals surface area contributed by atoms with E-state index in [1.807, 2.05) is 24.3 Å². The number of carboxylic acid groups (broad SMARTS) is 1. The van der Waals surface area contributed by atoms with Gasteiger partial charge in [-0.2, -0.15) is 0 Å². The zero-order valence-corrected chi connectivity index (χ0v) is 15.5. The Morgan fingerprint density at radius 1 is 1.35 bits per heavy atom. The minimum absolute atomic E-state index is 0.136. The second kappa shape index (κ2) is 6.69. The molecule has 10 heteroatoms.